The second kappa shape index (κ2) is 7.72. The normalized spacial score (nSPS) is 11.1. The number of sulfonamides is 1. The summed E-state index contributed by atoms with van der Waals surface area (Å²) in [4.78, 5) is 14.3. The van der Waals surface area contributed by atoms with Crippen molar-refractivity contribution in [3.05, 3.63) is 82.6 Å². The second-order valence-corrected chi connectivity index (χ2v) is 8.25. The summed E-state index contributed by atoms with van der Waals surface area (Å²) in [7, 11) is -1.90. The molecule has 1 amide bonds. The van der Waals surface area contributed by atoms with Crippen molar-refractivity contribution in [1.29, 1.82) is 0 Å². The van der Waals surface area contributed by atoms with Crippen molar-refractivity contribution in [2.75, 3.05) is 11.8 Å². The highest BCUT2D eigenvalue weighted by Gasteiger charge is 2.15. The minimum Gasteiger partial charge on any atom is -0.337 e. The van der Waals surface area contributed by atoms with Crippen LogP contribution in [0.4, 0.5) is 5.69 Å². The number of hydrogen-bond acceptors (Lipinski definition) is 4. The van der Waals surface area contributed by atoms with Crippen LogP contribution in [-0.2, 0) is 16.6 Å². The van der Waals surface area contributed by atoms with Crippen molar-refractivity contribution in [2.24, 2.45) is 0 Å². The fourth-order valence-corrected chi connectivity index (χ4v) is 4.18. The molecule has 0 aliphatic rings. The van der Waals surface area contributed by atoms with E-state index >= 15 is 0 Å². The third kappa shape index (κ3) is 4.30. The molecule has 0 saturated heterocycles. The molecule has 0 aliphatic carbocycles. The van der Waals surface area contributed by atoms with Crippen LogP contribution in [0.5, 0.6) is 0 Å². The number of carbonyl (C=O) groups is 1. The molecule has 26 heavy (non-hydrogen) atoms. The van der Waals surface area contributed by atoms with Gasteiger partial charge in [-0.1, -0.05) is 18.2 Å². The molecule has 0 spiro atoms. The minimum atomic E-state index is -3.64. The van der Waals surface area contributed by atoms with Gasteiger partial charge in [0, 0.05) is 24.8 Å². The van der Waals surface area contributed by atoms with Crippen LogP contribution in [0.15, 0.2) is 76.3 Å². The van der Waals surface area contributed by atoms with Gasteiger partial charge in [0.05, 0.1) is 4.90 Å². The Bertz CT molecular complexity index is 967. The van der Waals surface area contributed by atoms with Crippen molar-refractivity contribution >= 4 is 33.0 Å². The molecule has 1 heterocycles. The highest BCUT2D eigenvalue weighted by atomic mass is 32.2. The van der Waals surface area contributed by atoms with Gasteiger partial charge in [-0.3, -0.25) is 9.52 Å². The Morgan fingerprint density at radius 2 is 1.73 bits per heavy atom. The molecule has 0 bridgehead atoms. The monoisotopic (exact) mass is 386 g/mol. The topological polar surface area (TPSA) is 66.5 Å². The first-order valence-electron chi connectivity index (χ1n) is 7.90. The Morgan fingerprint density at radius 1 is 1.04 bits per heavy atom. The lowest BCUT2D eigenvalue weighted by molar-refractivity contribution is 0.0785. The molecule has 0 unspecified atom stereocenters. The zero-order chi connectivity index (χ0) is 18.6. The molecular weight excluding hydrogens is 368 g/mol. The van der Waals surface area contributed by atoms with E-state index in [9.17, 15) is 13.2 Å². The van der Waals surface area contributed by atoms with E-state index in [1.807, 2.05) is 16.8 Å². The number of carbonyl (C=O) groups excluding carboxylic acids is 1. The maximum Gasteiger partial charge on any atom is 0.261 e. The number of thiophene rings is 1. The molecule has 0 fully saturated rings. The first-order valence-corrected chi connectivity index (χ1v) is 10.3. The Balaban J connectivity index is 1.69. The molecule has 134 valence electrons. The lowest BCUT2D eigenvalue weighted by Crippen LogP contribution is -2.25. The highest BCUT2D eigenvalue weighted by molar-refractivity contribution is 7.92. The van der Waals surface area contributed by atoms with E-state index in [0.29, 0.717) is 17.8 Å². The summed E-state index contributed by atoms with van der Waals surface area (Å²) in [6.45, 7) is 0.532. The molecule has 0 radical (unpaired) electrons. The van der Waals surface area contributed by atoms with Crippen LogP contribution in [0.2, 0.25) is 0 Å². The Morgan fingerprint density at radius 3 is 2.35 bits per heavy atom. The molecule has 1 aromatic heterocycles. The fraction of sp³-hybridized carbons (Fsp3) is 0.105. The van der Waals surface area contributed by atoms with Gasteiger partial charge >= 0.3 is 0 Å². The summed E-state index contributed by atoms with van der Waals surface area (Å²) in [5.41, 5.74) is 1.99. The van der Waals surface area contributed by atoms with Crippen LogP contribution in [0.3, 0.4) is 0 Å². The van der Waals surface area contributed by atoms with Crippen LogP contribution in [-0.4, -0.2) is 26.3 Å². The molecular formula is C19H18N2O3S2. The zero-order valence-corrected chi connectivity index (χ0v) is 15.8. The van der Waals surface area contributed by atoms with E-state index < -0.39 is 10.0 Å². The van der Waals surface area contributed by atoms with Crippen molar-refractivity contribution in [1.82, 2.24) is 4.90 Å². The predicted molar refractivity (Wildman–Crippen MR) is 104 cm³/mol. The van der Waals surface area contributed by atoms with Crippen molar-refractivity contribution < 1.29 is 13.2 Å². The summed E-state index contributed by atoms with van der Waals surface area (Å²) < 4.78 is 27.2. The maximum atomic E-state index is 12.5. The minimum absolute atomic E-state index is 0.117. The first kappa shape index (κ1) is 18.2. The van der Waals surface area contributed by atoms with E-state index in [-0.39, 0.29) is 10.8 Å². The summed E-state index contributed by atoms with van der Waals surface area (Å²) >= 11 is 1.59. The molecule has 1 N–H and O–H groups in total. The van der Waals surface area contributed by atoms with Crippen LogP contribution in [0, 0.1) is 0 Å². The number of nitrogens with zero attached hydrogens (tertiary/aromatic N) is 1. The number of rotatable bonds is 6. The number of amides is 1. The molecule has 0 saturated carbocycles. The summed E-state index contributed by atoms with van der Waals surface area (Å²) in [5.74, 6) is -0.117. The Labute approximate surface area is 157 Å². The molecule has 7 heteroatoms. The van der Waals surface area contributed by atoms with E-state index in [0.717, 1.165) is 5.56 Å². The quantitative estimate of drug-likeness (QED) is 0.700. The van der Waals surface area contributed by atoms with Crippen molar-refractivity contribution in [2.45, 2.75) is 11.4 Å². The van der Waals surface area contributed by atoms with Gasteiger partial charge < -0.3 is 4.90 Å². The second-order valence-electron chi connectivity index (χ2n) is 5.79. The van der Waals surface area contributed by atoms with Gasteiger partial charge in [-0.25, -0.2) is 8.42 Å². The van der Waals surface area contributed by atoms with Crippen molar-refractivity contribution in [3.8, 4) is 0 Å². The number of benzene rings is 2. The van der Waals surface area contributed by atoms with Crippen LogP contribution < -0.4 is 4.72 Å². The van der Waals surface area contributed by atoms with Crippen LogP contribution in [0.1, 0.15) is 15.9 Å². The predicted octanol–water partition coefficient (Wildman–Crippen LogP) is 3.82. The van der Waals surface area contributed by atoms with Gasteiger partial charge in [0.25, 0.3) is 15.9 Å². The smallest absolute Gasteiger partial charge is 0.261 e. The van der Waals surface area contributed by atoms with Gasteiger partial charge in [0.1, 0.15) is 0 Å². The van der Waals surface area contributed by atoms with E-state index in [1.165, 1.54) is 12.1 Å². The average Bonchev–Trinajstić information content (AvgIpc) is 3.15. The standard InChI is InChI=1S/C19H18N2O3S2/c1-21(13-15-11-12-25-14-15)19(22)16-7-9-17(10-8-16)20-26(23,24)18-5-3-2-4-6-18/h2-12,14,20H,13H2,1H3. The molecule has 0 atom stereocenters. The van der Waals surface area contributed by atoms with Gasteiger partial charge in [-0.2, -0.15) is 11.3 Å². The van der Waals surface area contributed by atoms with E-state index in [2.05, 4.69) is 4.72 Å². The fourth-order valence-electron chi connectivity index (χ4n) is 2.44. The van der Waals surface area contributed by atoms with Crippen molar-refractivity contribution in [3.63, 3.8) is 0 Å². The van der Waals surface area contributed by atoms with Gasteiger partial charge in [0.15, 0.2) is 0 Å². The van der Waals surface area contributed by atoms with E-state index in [1.54, 1.807) is 65.7 Å². The lowest BCUT2D eigenvalue weighted by Gasteiger charge is -2.17. The molecule has 2 aromatic carbocycles. The molecule has 3 aromatic rings. The van der Waals surface area contributed by atoms with Gasteiger partial charge in [-0.05, 0) is 58.8 Å². The lowest BCUT2D eigenvalue weighted by atomic mass is 10.2. The van der Waals surface area contributed by atoms with Crippen LogP contribution in [0.25, 0.3) is 0 Å². The number of nitrogens with one attached hydrogen (secondary N) is 1. The SMILES string of the molecule is CN(Cc1ccsc1)C(=O)c1ccc(NS(=O)(=O)c2ccccc2)cc1. The zero-order valence-electron chi connectivity index (χ0n) is 14.1. The van der Waals surface area contributed by atoms with Gasteiger partial charge in [-0.15, -0.1) is 0 Å². The van der Waals surface area contributed by atoms with Gasteiger partial charge in [0.2, 0.25) is 0 Å². The molecule has 0 aliphatic heterocycles. The van der Waals surface area contributed by atoms with E-state index in [4.69, 9.17) is 0 Å². The Hall–Kier alpha value is -2.64. The molecule has 5 nitrogen and oxygen atoms in total. The first-order chi connectivity index (χ1) is 12.5. The molecule has 3 rings (SSSR count). The Kier molecular flexibility index (Phi) is 5.39. The maximum absolute atomic E-state index is 12.5. The highest BCUT2D eigenvalue weighted by Crippen LogP contribution is 2.18. The largest absolute Gasteiger partial charge is 0.337 e. The summed E-state index contributed by atoms with van der Waals surface area (Å²) in [6.07, 6.45) is 0. The van der Waals surface area contributed by atoms with Crippen LogP contribution >= 0.6 is 11.3 Å². The summed E-state index contributed by atoms with van der Waals surface area (Å²) in [6, 6.07) is 16.5. The third-order valence-corrected chi connectivity index (χ3v) is 5.91. The third-order valence-electron chi connectivity index (χ3n) is 3.78. The average molecular weight is 386 g/mol. The summed E-state index contributed by atoms with van der Waals surface area (Å²) in [5, 5.41) is 3.98. The number of hydrogen-bond donors (Lipinski definition) is 1. The number of anilines is 1.